The number of esters is 1. The molecule has 1 aromatic heterocycles. The van der Waals surface area contributed by atoms with Crippen molar-refractivity contribution >= 4 is 21.7 Å². The minimum absolute atomic E-state index is 0.0311. The van der Waals surface area contributed by atoms with E-state index in [2.05, 4.69) is 10.1 Å². The van der Waals surface area contributed by atoms with E-state index in [-0.39, 0.29) is 28.5 Å². The molecule has 1 amide bonds. The number of ether oxygens (including phenoxy) is 2. The standard InChI is InChI=1S/C23H21F2NO7S/c24-23(25)33-18-8-6-16(7-9-18)10-12-26-20(27)14-32-22(28)21-17(11-13-31-21)15-34(29,30)19-4-2-1-3-5-19/h1-9,11,13,23H,10,12,14-15H2,(H,26,27). The molecule has 0 bridgehead atoms. The lowest BCUT2D eigenvalue weighted by atomic mass is 10.1. The molecule has 0 saturated carbocycles. The van der Waals surface area contributed by atoms with Crippen LogP contribution in [0.4, 0.5) is 8.78 Å². The topological polar surface area (TPSA) is 112 Å². The van der Waals surface area contributed by atoms with Crippen LogP contribution >= 0.6 is 0 Å². The Labute approximate surface area is 194 Å². The van der Waals surface area contributed by atoms with Crippen LogP contribution in [-0.4, -0.2) is 40.1 Å². The molecule has 2 aromatic carbocycles. The molecule has 0 unspecified atom stereocenters. The number of amides is 1. The van der Waals surface area contributed by atoms with E-state index in [1.807, 2.05) is 0 Å². The molecule has 3 rings (SSSR count). The molecule has 180 valence electrons. The number of furan rings is 1. The summed E-state index contributed by atoms with van der Waals surface area (Å²) >= 11 is 0. The molecule has 0 radical (unpaired) electrons. The molecular weight excluding hydrogens is 472 g/mol. The molecule has 8 nitrogen and oxygen atoms in total. The minimum atomic E-state index is -3.71. The van der Waals surface area contributed by atoms with Gasteiger partial charge in [0.15, 0.2) is 16.4 Å². The molecule has 0 aliphatic rings. The average Bonchev–Trinajstić information content (AvgIpc) is 3.26. The first-order valence-corrected chi connectivity index (χ1v) is 11.7. The number of nitrogens with one attached hydrogen (secondary N) is 1. The third kappa shape index (κ3) is 7.14. The molecule has 34 heavy (non-hydrogen) atoms. The second kappa shape index (κ2) is 11.4. The Hall–Kier alpha value is -3.73. The van der Waals surface area contributed by atoms with E-state index >= 15 is 0 Å². The quantitative estimate of drug-likeness (QED) is 0.408. The van der Waals surface area contributed by atoms with Gasteiger partial charge in [0.05, 0.1) is 16.9 Å². The van der Waals surface area contributed by atoms with Gasteiger partial charge in [0.2, 0.25) is 5.76 Å². The lowest BCUT2D eigenvalue weighted by molar-refractivity contribution is -0.124. The first-order valence-electron chi connectivity index (χ1n) is 10.1. The zero-order valence-corrected chi connectivity index (χ0v) is 18.6. The van der Waals surface area contributed by atoms with Gasteiger partial charge in [-0.1, -0.05) is 30.3 Å². The van der Waals surface area contributed by atoms with Gasteiger partial charge >= 0.3 is 12.6 Å². The summed E-state index contributed by atoms with van der Waals surface area (Å²) < 4.78 is 63.7. The molecule has 1 N–H and O–H groups in total. The number of benzene rings is 2. The van der Waals surface area contributed by atoms with Crippen LogP contribution in [0.15, 0.2) is 76.2 Å². The zero-order chi connectivity index (χ0) is 24.6. The summed E-state index contributed by atoms with van der Waals surface area (Å²) in [5.74, 6) is -2.27. The van der Waals surface area contributed by atoms with Crippen molar-refractivity contribution in [2.24, 2.45) is 0 Å². The van der Waals surface area contributed by atoms with Crippen LogP contribution in [0.5, 0.6) is 5.75 Å². The van der Waals surface area contributed by atoms with E-state index in [9.17, 15) is 26.8 Å². The van der Waals surface area contributed by atoms with Crippen molar-refractivity contribution in [1.82, 2.24) is 5.32 Å². The maximum atomic E-state index is 12.5. The number of alkyl halides is 2. The largest absolute Gasteiger partial charge is 0.457 e. The van der Waals surface area contributed by atoms with Crippen LogP contribution in [-0.2, 0) is 31.5 Å². The summed E-state index contributed by atoms with van der Waals surface area (Å²) in [4.78, 5) is 24.4. The Bertz CT molecular complexity index is 1210. The second-order valence-corrected chi connectivity index (χ2v) is 9.04. The average molecular weight is 493 g/mol. The van der Waals surface area contributed by atoms with Gasteiger partial charge in [-0.05, 0) is 42.3 Å². The van der Waals surface area contributed by atoms with E-state index in [0.29, 0.717) is 6.42 Å². The van der Waals surface area contributed by atoms with Gasteiger partial charge < -0.3 is 19.2 Å². The fourth-order valence-electron chi connectivity index (χ4n) is 2.98. The predicted molar refractivity (Wildman–Crippen MR) is 116 cm³/mol. The predicted octanol–water partition coefficient (Wildman–Crippen LogP) is 3.37. The fourth-order valence-corrected chi connectivity index (χ4v) is 4.35. The summed E-state index contributed by atoms with van der Waals surface area (Å²) in [7, 11) is -3.71. The molecule has 0 aliphatic carbocycles. The molecule has 0 atom stereocenters. The van der Waals surface area contributed by atoms with Crippen LogP contribution in [0.3, 0.4) is 0 Å². The lowest BCUT2D eigenvalue weighted by Gasteiger charge is -2.08. The lowest BCUT2D eigenvalue weighted by Crippen LogP contribution is -2.30. The van der Waals surface area contributed by atoms with Crippen molar-refractivity contribution in [2.75, 3.05) is 13.2 Å². The van der Waals surface area contributed by atoms with Crippen LogP contribution in [0.25, 0.3) is 0 Å². The summed E-state index contributed by atoms with van der Waals surface area (Å²) in [5, 5.41) is 2.56. The minimum Gasteiger partial charge on any atom is -0.457 e. The number of rotatable bonds is 11. The zero-order valence-electron chi connectivity index (χ0n) is 17.8. The van der Waals surface area contributed by atoms with Crippen LogP contribution < -0.4 is 10.1 Å². The number of carbonyl (C=O) groups is 2. The van der Waals surface area contributed by atoms with Gasteiger partial charge in [0, 0.05) is 12.1 Å². The van der Waals surface area contributed by atoms with Crippen LogP contribution in [0.2, 0.25) is 0 Å². The monoisotopic (exact) mass is 493 g/mol. The Morgan fingerprint density at radius 3 is 2.38 bits per heavy atom. The van der Waals surface area contributed by atoms with Gasteiger partial charge in [-0.15, -0.1) is 0 Å². The number of sulfone groups is 1. The Morgan fingerprint density at radius 2 is 1.71 bits per heavy atom. The fraction of sp³-hybridized carbons (Fsp3) is 0.217. The van der Waals surface area contributed by atoms with Crippen molar-refractivity contribution in [3.05, 3.63) is 83.8 Å². The van der Waals surface area contributed by atoms with E-state index in [0.717, 1.165) is 5.56 Å². The molecule has 0 aliphatic heterocycles. The third-order valence-corrected chi connectivity index (χ3v) is 6.28. The Kier molecular flexibility index (Phi) is 8.36. The molecule has 0 saturated heterocycles. The van der Waals surface area contributed by atoms with E-state index in [1.54, 1.807) is 30.3 Å². The summed E-state index contributed by atoms with van der Waals surface area (Å²) in [6.07, 6.45) is 1.58. The molecule has 1 heterocycles. The third-order valence-electron chi connectivity index (χ3n) is 4.60. The highest BCUT2D eigenvalue weighted by atomic mass is 32.2. The molecule has 11 heteroatoms. The number of halogens is 2. The Morgan fingerprint density at radius 1 is 1.00 bits per heavy atom. The van der Waals surface area contributed by atoms with Crippen LogP contribution in [0.1, 0.15) is 21.7 Å². The normalized spacial score (nSPS) is 11.3. The molecular formula is C23H21F2NO7S. The summed E-state index contributed by atoms with van der Waals surface area (Å²) in [6, 6.07) is 15.1. The SMILES string of the molecule is O=C(COC(=O)c1occc1CS(=O)(=O)c1ccccc1)NCCc1ccc(OC(F)F)cc1. The number of carbonyl (C=O) groups excluding carboxylic acids is 2. The van der Waals surface area contributed by atoms with Gasteiger partial charge in [0.1, 0.15) is 5.75 Å². The second-order valence-electron chi connectivity index (χ2n) is 7.05. The summed E-state index contributed by atoms with van der Waals surface area (Å²) in [5.41, 5.74) is 0.896. The summed E-state index contributed by atoms with van der Waals surface area (Å²) in [6.45, 7) is -3.28. The highest BCUT2D eigenvalue weighted by Gasteiger charge is 2.24. The Balaban J connectivity index is 1.46. The van der Waals surface area contributed by atoms with Crippen molar-refractivity contribution < 1.29 is 40.7 Å². The first-order chi connectivity index (χ1) is 16.2. The van der Waals surface area contributed by atoms with Gasteiger partial charge in [0.25, 0.3) is 5.91 Å². The van der Waals surface area contributed by atoms with Crippen molar-refractivity contribution in [2.45, 2.75) is 23.7 Å². The molecule has 3 aromatic rings. The van der Waals surface area contributed by atoms with Crippen molar-refractivity contribution in [1.29, 1.82) is 0 Å². The molecule has 0 fully saturated rings. The van der Waals surface area contributed by atoms with Gasteiger partial charge in [-0.2, -0.15) is 8.78 Å². The first kappa shape index (κ1) is 24.9. The maximum Gasteiger partial charge on any atom is 0.387 e. The van der Waals surface area contributed by atoms with E-state index in [1.165, 1.54) is 36.6 Å². The van der Waals surface area contributed by atoms with Crippen LogP contribution in [0, 0.1) is 0 Å². The van der Waals surface area contributed by atoms with Crippen molar-refractivity contribution in [3.8, 4) is 5.75 Å². The highest BCUT2D eigenvalue weighted by molar-refractivity contribution is 7.90. The maximum absolute atomic E-state index is 12.5. The van der Waals surface area contributed by atoms with E-state index in [4.69, 9.17) is 9.15 Å². The number of hydrogen-bond donors (Lipinski definition) is 1. The van der Waals surface area contributed by atoms with E-state index < -0.39 is 40.7 Å². The molecule has 0 spiro atoms. The highest BCUT2D eigenvalue weighted by Crippen LogP contribution is 2.20. The van der Waals surface area contributed by atoms with Gasteiger partial charge in [-0.25, -0.2) is 13.2 Å². The van der Waals surface area contributed by atoms with Gasteiger partial charge in [-0.3, -0.25) is 4.79 Å². The number of hydrogen-bond acceptors (Lipinski definition) is 7. The smallest absolute Gasteiger partial charge is 0.387 e. The van der Waals surface area contributed by atoms with Crippen molar-refractivity contribution in [3.63, 3.8) is 0 Å².